The SMILES string of the molecule is CC(NC(=O)c1ccc2nc(-n3cccc3)sc2c1)C(=O)NCc1ccccn1. The first-order valence-electron chi connectivity index (χ1n) is 9.12. The molecule has 8 heteroatoms. The van der Waals surface area contributed by atoms with Gasteiger partial charge >= 0.3 is 0 Å². The van der Waals surface area contributed by atoms with Crippen LogP contribution in [0.15, 0.2) is 67.1 Å². The highest BCUT2D eigenvalue weighted by Gasteiger charge is 2.17. The first-order chi connectivity index (χ1) is 14.1. The summed E-state index contributed by atoms with van der Waals surface area (Å²) in [5, 5.41) is 6.35. The van der Waals surface area contributed by atoms with Crippen molar-refractivity contribution in [2.45, 2.75) is 19.5 Å². The van der Waals surface area contributed by atoms with E-state index >= 15 is 0 Å². The second kappa shape index (κ2) is 8.24. The molecule has 1 unspecified atom stereocenters. The number of hydrogen-bond acceptors (Lipinski definition) is 5. The Morgan fingerprint density at radius 1 is 1.14 bits per heavy atom. The Hall–Kier alpha value is -3.52. The standard InChI is InChI=1S/C21H19N5O2S/c1-14(19(27)23-13-16-6-2-3-9-22-16)24-20(28)15-7-8-17-18(12-15)29-21(25-17)26-10-4-5-11-26/h2-12,14H,13H2,1H3,(H,23,27)(H,24,28). The highest BCUT2D eigenvalue weighted by Crippen LogP contribution is 2.26. The van der Waals surface area contributed by atoms with Crippen LogP contribution in [0, 0.1) is 0 Å². The Balaban J connectivity index is 1.40. The highest BCUT2D eigenvalue weighted by molar-refractivity contribution is 7.20. The van der Waals surface area contributed by atoms with Gasteiger partial charge in [-0.05, 0) is 49.4 Å². The summed E-state index contributed by atoms with van der Waals surface area (Å²) in [7, 11) is 0. The van der Waals surface area contributed by atoms with E-state index in [4.69, 9.17) is 0 Å². The number of carbonyl (C=O) groups excluding carboxylic acids is 2. The summed E-state index contributed by atoms with van der Waals surface area (Å²) in [4.78, 5) is 33.6. The van der Waals surface area contributed by atoms with Gasteiger partial charge < -0.3 is 15.2 Å². The van der Waals surface area contributed by atoms with Crippen LogP contribution in [-0.4, -0.2) is 32.4 Å². The van der Waals surface area contributed by atoms with Crippen LogP contribution in [0.3, 0.4) is 0 Å². The van der Waals surface area contributed by atoms with Gasteiger partial charge in [0.05, 0.1) is 22.5 Å². The lowest BCUT2D eigenvalue weighted by Gasteiger charge is -2.14. The molecule has 1 aromatic carbocycles. The second-order valence-corrected chi connectivity index (χ2v) is 7.51. The molecule has 7 nitrogen and oxygen atoms in total. The molecule has 2 amide bonds. The van der Waals surface area contributed by atoms with Crippen LogP contribution in [-0.2, 0) is 11.3 Å². The number of hydrogen-bond donors (Lipinski definition) is 2. The maximum atomic E-state index is 12.6. The molecule has 0 radical (unpaired) electrons. The Labute approximate surface area is 171 Å². The number of carbonyl (C=O) groups is 2. The minimum absolute atomic E-state index is 0.266. The van der Waals surface area contributed by atoms with E-state index in [0.717, 1.165) is 21.0 Å². The summed E-state index contributed by atoms with van der Waals surface area (Å²) < 4.78 is 2.84. The van der Waals surface area contributed by atoms with Crippen molar-refractivity contribution in [2.75, 3.05) is 0 Å². The predicted molar refractivity (Wildman–Crippen MR) is 112 cm³/mol. The molecule has 0 bridgehead atoms. The number of nitrogens with one attached hydrogen (secondary N) is 2. The van der Waals surface area contributed by atoms with E-state index in [1.165, 1.54) is 11.3 Å². The molecule has 4 rings (SSSR count). The molecule has 0 aliphatic heterocycles. The first-order valence-corrected chi connectivity index (χ1v) is 9.94. The molecule has 1 atom stereocenters. The molecular weight excluding hydrogens is 386 g/mol. The van der Waals surface area contributed by atoms with Crippen molar-refractivity contribution in [2.24, 2.45) is 0 Å². The number of thiazole rings is 1. The van der Waals surface area contributed by atoms with Crippen LogP contribution < -0.4 is 10.6 Å². The van der Waals surface area contributed by atoms with Crippen molar-refractivity contribution in [1.29, 1.82) is 0 Å². The fourth-order valence-corrected chi connectivity index (χ4v) is 3.78. The number of nitrogens with zero attached hydrogens (tertiary/aromatic N) is 3. The Morgan fingerprint density at radius 2 is 1.97 bits per heavy atom. The number of aromatic nitrogens is 3. The Morgan fingerprint density at radius 3 is 2.72 bits per heavy atom. The average Bonchev–Trinajstić information content (AvgIpc) is 3.41. The van der Waals surface area contributed by atoms with Crippen LogP contribution >= 0.6 is 11.3 Å². The van der Waals surface area contributed by atoms with Crippen LogP contribution in [0.25, 0.3) is 15.3 Å². The lowest BCUT2D eigenvalue weighted by molar-refractivity contribution is -0.122. The zero-order valence-corrected chi connectivity index (χ0v) is 16.5. The fourth-order valence-electron chi connectivity index (χ4n) is 2.81. The van der Waals surface area contributed by atoms with Crippen molar-refractivity contribution in [3.05, 3.63) is 78.4 Å². The highest BCUT2D eigenvalue weighted by atomic mass is 32.1. The largest absolute Gasteiger partial charge is 0.349 e. The molecule has 0 aliphatic carbocycles. The maximum absolute atomic E-state index is 12.6. The van der Waals surface area contributed by atoms with E-state index in [9.17, 15) is 9.59 Å². The molecule has 0 aliphatic rings. The molecule has 3 aromatic heterocycles. The van der Waals surface area contributed by atoms with Gasteiger partial charge in [-0.1, -0.05) is 17.4 Å². The summed E-state index contributed by atoms with van der Waals surface area (Å²) in [6, 6.07) is 14.0. The maximum Gasteiger partial charge on any atom is 0.251 e. The van der Waals surface area contributed by atoms with E-state index in [1.54, 1.807) is 25.3 Å². The van der Waals surface area contributed by atoms with Gasteiger partial charge in [-0.3, -0.25) is 14.6 Å². The normalized spacial score (nSPS) is 11.9. The van der Waals surface area contributed by atoms with E-state index < -0.39 is 6.04 Å². The van der Waals surface area contributed by atoms with Gasteiger partial charge in [-0.15, -0.1) is 0 Å². The number of benzene rings is 1. The van der Waals surface area contributed by atoms with Gasteiger partial charge in [0, 0.05) is 24.2 Å². The fraction of sp³-hybridized carbons (Fsp3) is 0.143. The van der Waals surface area contributed by atoms with Crippen molar-refractivity contribution >= 4 is 33.4 Å². The lowest BCUT2D eigenvalue weighted by Crippen LogP contribution is -2.44. The molecule has 0 saturated heterocycles. The van der Waals surface area contributed by atoms with Gasteiger partial charge in [0.15, 0.2) is 5.13 Å². The molecular formula is C21H19N5O2S. The summed E-state index contributed by atoms with van der Waals surface area (Å²) in [5.74, 6) is -0.568. The van der Waals surface area contributed by atoms with E-state index in [0.29, 0.717) is 12.1 Å². The number of rotatable bonds is 6. The Bertz CT molecular complexity index is 1140. The van der Waals surface area contributed by atoms with Gasteiger partial charge in [-0.2, -0.15) is 0 Å². The summed E-state index contributed by atoms with van der Waals surface area (Å²) in [5.41, 5.74) is 2.08. The van der Waals surface area contributed by atoms with Crippen molar-refractivity contribution in [3.63, 3.8) is 0 Å². The third-order valence-electron chi connectivity index (χ3n) is 4.38. The van der Waals surface area contributed by atoms with Crippen LogP contribution in [0.1, 0.15) is 23.0 Å². The van der Waals surface area contributed by atoms with Crippen molar-refractivity contribution < 1.29 is 9.59 Å². The molecule has 2 N–H and O–H groups in total. The predicted octanol–water partition coefficient (Wildman–Crippen LogP) is 2.92. The Kier molecular flexibility index (Phi) is 5.35. The van der Waals surface area contributed by atoms with Crippen molar-refractivity contribution in [3.8, 4) is 5.13 Å². The smallest absolute Gasteiger partial charge is 0.251 e. The topological polar surface area (TPSA) is 88.9 Å². The van der Waals surface area contributed by atoms with Crippen LogP contribution in [0.4, 0.5) is 0 Å². The van der Waals surface area contributed by atoms with Gasteiger partial charge in [0.1, 0.15) is 6.04 Å². The lowest BCUT2D eigenvalue weighted by atomic mass is 10.2. The third kappa shape index (κ3) is 4.33. The number of pyridine rings is 1. The number of amides is 2. The summed E-state index contributed by atoms with van der Waals surface area (Å²) >= 11 is 1.50. The minimum Gasteiger partial charge on any atom is -0.349 e. The van der Waals surface area contributed by atoms with E-state index in [1.807, 2.05) is 53.4 Å². The van der Waals surface area contributed by atoms with E-state index in [-0.39, 0.29) is 11.8 Å². The molecule has 29 heavy (non-hydrogen) atoms. The van der Waals surface area contributed by atoms with Crippen LogP contribution in [0.5, 0.6) is 0 Å². The monoisotopic (exact) mass is 405 g/mol. The van der Waals surface area contributed by atoms with Gasteiger partial charge in [0.25, 0.3) is 5.91 Å². The molecule has 146 valence electrons. The van der Waals surface area contributed by atoms with Crippen LogP contribution in [0.2, 0.25) is 0 Å². The zero-order valence-electron chi connectivity index (χ0n) is 15.7. The van der Waals surface area contributed by atoms with Gasteiger partial charge in [-0.25, -0.2) is 4.98 Å². The first kappa shape index (κ1) is 18.8. The zero-order chi connectivity index (χ0) is 20.2. The quantitative estimate of drug-likeness (QED) is 0.516. The second-order valence-electron chi connectivity index (χ2n) is 6.50. The minimum atomic E-state index is -0.668. The molecule has 0 saturated carbocycles. The summed E-state index contributed by atoms with van der Waals surface area (Å²) in [6.45, 7) is 1.97. The van der Waals surface area contributed by atoms with E-state index in [2.05, 4.69) is 20.6 Å². The molecule has 3 heterocycles. The molecule has 4 aromatic rings. The van der Waals surface area contributed by atoms with Crippen molar-refractivity contribution in [1.82, 2.24) is 25.2 Å². The third-order valence-corrected chi connectivity index (χ3v) is 5.41. The average molecular weight is 405 g/mol. The van der Waals surface area contributed by atoms with Gasteiger partial charge in [0.2, 0.25) is 5.91 Å². The molecule has 0 spiro atoms. The molecule has 0 fully saturated rings. The summed E-state index contributed by atoms with van der Waals surface area (Å²) in [6.07, 6.45) is 5.52. The number of fused-ring (bicyclic) bond motifs is 1.